The Hall–Kier alpha value is -4.66. The van der Waals surface area contributed by atoms with Gasteiger partial charge in [0, 0.05) is 18.7 Å². The molecule has 4 rings (SSSR count). The van der Waals surface area contributed by atoms with Gasteiger partial charge in [-0.05, 0) is 48.0 Å². The van der Waals surface area contributed by atoms with Crippen molar-refractivity contribution in [3.05, 3.63) is 89.2 Å². The van der Waals surface area contributed by atoms with Gasteiger partial charge in [0.1, 0.15) is 28.8 Å². The lowest BCUT2D eigenvalue weighted by Crippen LogP contribution is -2.29. The van der Waals surface area contributed by atoms with Gasteiger partial charge in [0.05, 0.1) is 31.4 Å². The Kier molecular flexibility index (Phi) is 6.73. The topological polar surface area (TPSA) is 102 Å². The fourth-order valence-corrected chi connectivity index (χ4v) is 4.10. The Labute approximate surface area is 206 Å². The summed E-state index contributed by atoms with van der Waals surface area (Å²) in [5.74, 6) is -3.01. The van der Waals surface area contributed by atoms with E-state index in [1.807, 2.05) is 0 Å². The summed E-state index contributed by atoms with van der Waals surface area (Å²) in [4.78, 5) is 39.4. The first kappa shape index (κ1) is 24.5. The highest BCUT2D eigenvalue weighted by Crippen LogP contribution is 2.44. The minimum Gasteiger partial charge on any atom is -0.507 e. The number of hydrogen-bond donors (Lipinski definition) is 1. The number of aliphatic hydroxyl groups excluding tert-OH is 1. The van der Waals surface area contributed by atoms with Crippen molar-refractivity contribution in [1.82, 2.24) is 0 Å². The molecule has 9 heteroatoms. The Morgan fingerprint density at radius 1 is 0.944 bits per heavy atom. The summed E-state index contributed by atoms with van der Waals surface area (Å²) in [6.07, 6.45) is 0. The highest BCUT2D eigenvalue weighted by molar-refractivity contribution is 6.51. The van der Waals surface area contributed by atoms with Gasteiger partial charge < -0.3 is 19.3 Å². The number of anilines is 1. The second kappa shape index (κ2) is 9.91. The molecule has 1 aliphatic rings. The number of halogens is 1. The van der Waals surface area contributed by atoms with E-state index in [9.17, 15) is 23.9 Å². The molecule has 1 fully saturated rings. The molecule has 3 aromatic rings. The van der Waals surface area contributed by atoms with Crippen molar-refractivity contribution >= 4 is 29.1 Å². The molecular weight excluding hydrogens is 469 g/mol. The van der Waals surface area contributed by atoms with Gasteiger partial charge in [0.15, 0.2) is 0 Å². The molecule has 0 aliphatic carbocycles. The zero-order chi connectivity index (χ0) is 26.0. The number of hydrogen-bond acceptors (Lipinski definition) is 7. The van der Waals surface area contributed by atoms with E-state index >= 15 is 0 Å². The molecule has 1 atom stereocenters. The molecule has 0 saturated carbocycles. The van der Waals surface area contributed by atoms with Gasteiger partial charge in [-0.2, -0.15) is 0 Å². The Bertz CT molecular complexity index is 1400. The second-order valence-corrected chi connectivity index (χ2v) is 7.88. The molecule has 184 valence electrons. The summed E-state index contributed by atoms with van der Waals surface area (Å²) in [6.45, 7) is 1.24. The van der Waals surface area contributed by atoms with Gasteiger partial charge in [0.25, 0.3) is 11.7 Å². The number of esters is 1. The molecule has 1 N–H and O–H groups in total. The van der Waals surface area contributed by atoms with Crippen LogP contribution in [0.3, 0.4) is 0 Å². The number of rotatable bonds is 6. The van der Waals surface area contributed by atoms with E-state index in [1.165, 1.54) is 44.2 Å². The number of carbonyl (C=O) groups excluding carboxylic acids is 3. The van der Waals surface area contributed by atoms with Crippen LogP contribution in [0.2, 0.25) is 0 Å². The average molecular weight is 491 g/mol. The quantitative estimate of drug-likeness (QED) is 0.179. The van der Waals surface area contributed by atoms with Crippen LogP contribution in [0.15, 0.2) is 72.3 Å². The summed E-state index contributed by atoms with van der Waals surface area (Å²) < 4.78 is 29.8. The third-order valence-electron chi connectivity index (χ3n) is 5.63. The second-order valence-electron chi connectivity index (χ2n) is 7.88. The lowest BCUT2D eigenvalue weighted by molar-refractivity contribution is -0.132. The molecule has 36 heavy (non-hydrogen) atoms. The van der Waals surface area contributed by atoms with Gasteiger partial charge in [0.2, 0.25) is 0 Å². The number of ether oxygens (including phenoxy) is 3. The van der Waals surface area contributed by atoms with Crippen molar-refractivity contribution in [1.29, 1.82) is 0 Å². The third kappa shape index (κ3) is 4.50. The molecule has 1 saturated heterocycles. The lowest BCUT2D eigenvalue weighted by atomic mass is 9.94. The first-order valence-electron chi connectivity index (χ1n) is 10.8. The van der Waals surface area contributed by atoms with Crippen molar-refractivity contribution in [3.63, 3.8) is 0 Å². The summed E-state index contributed by atoms with van der Waals surface area (Å²) >= 11 is 0. The number of Topliss-reactive ketones (excluding diaryl/α,β-unsaturated/α-hetero) is 1. The SMILES string of the molecule is COc1cccc(N2C(=O)C(=O)/C(=C(/O)c3cc(F)ccc3OC)C2c2cccc(OC(C)=O)c2)c1. The van der Waals surface area contributed by atoms with Crippen LogP contribution in [0.1, 0.15) is 24.1 Å². The number of methoxy groups -OCH3 is 2. The van der Waals surface area contributed by atoms with Crippen LogP contribution in [0, 0.1) is 5.82 Å². The van der Waals surface area contributed by atoms with Crippen molar-refractivity contribution < 1.29 is 38.1 Å². The van der Waals surface area contributed by atoms with E-state index in [4.69, 9.17) is 14.2 Å². The Morgan fingerprint density at radius 3 is 2.36 bits per heavy atom. The van der Waals surface area contributed by atoms with Crippen LogP contribution in [0.25, 0.3) is 5.76 Å². The maximum Gasteiger partial charge on any atom is 0.308 e. The smallest absolute Gasteiger partial charge is 0.308 e. The number of benzene rings is 3. The number of carbonyl (C=O) groups is 3. The van der Waals surface area contributed by atoms with Crippen LogP contribution < -0.4 is 19.1 Å². The lowest BCUT2D eigenvalue weighted by Gasteiger charge is -2.26. The average Bonchev–Trinajstić information content (AvgIpc) is 3.13. The van der Waals surface area contributed by atoms with Crippen molar-refractivity contribution in [2.75, 3.05) is 19.1 Å². The van der Waals surface area contributed by atoms with Crippen LogP contribution in [0.5, 0.6) is 17.2 Å². The molecule has 1 aliphatic heterocycles. The summed E-state index contributed by atoms with van der Waals surface area (Å²) in [7, 11) is 2.79. The van der Waals surface area contributed by atoms with Crippen LogP contribution in [0.4, 0.5) is 10.1 Å². The van der Waals surface area contributed by atoms with Gasteiger partial charge in [-0.15, -0.1) is 0 Å². The predicted molar refractivity (Wildman–Crippen MR) is 128 cm³/mol. The monoisotopic (exact) mass is 491 g/mol. The maximum absolute atomic E-state index is 14.1. The summed E-state index contributed by atoms with van der Waals surface area (Å²) in [5.41, 5.74) is 0.311. The van der Waals surface area contributed by atoms with Gasteiger partial charge in [-0.3, -0.25) is 19.3 Å². The molecule has 1 unspecified atom stereocenters. The molecule has 0 spiro atoms. The van der Waals surface area contributed by atoms with Crippen molar-refractivity contribution in [2.24, 2.45) is 0 Å². The zero-order valence-electron chi connectivity index (χ0n) is 19.7. The van der Waals surface area contributed by atoms with Crippen LogP contribution in [-0.4, -0.2) is 37.0 Å². The number of aliphatic hydroxyl groups is 1. The van der Waals surface area contributed by atoms with Gasteiger partial charge in [-0.1, -0.05) is 18.2 Å². The number of ketones is 1. The third-order valence-corrected chi connectivity index (χ3v) is 5.63. The molecule has 0 bridgehead atoms. The van der Waals surface area contributed by atoms with Gasteiger partial charge >= 0.3 is 5.97 Å². The van der Waals surface area contributed by atoms with Gasteiger partial charge in [-0.25, -0.2) is 4.39 Å². The molecule has 1 heterocycles. The van der Waals surface area contributed by atoms with E-state index in [0.717, 1.165) is 12.1 Å². The molecular formula is C27H22FNO7. The standard InChI is InChI=1S/C27H22FNO7/c1-15(30)36-20-9-4-6-16(12-20)24-23(25(31)21-13-17(28)10-11-22(21)35-3)26(32)27(33)29(24)18-7-5-8-19(14-18)34-2/h4-14,24,31H,1-3H3/b25-23+. The molecule has 1 amide bonds. The molecule has 3 aromatic carbocycles. The van der Waals surface area contributed by atoms with Crippen LogP contribution >= 0.6 is 0 Å². The number of nitrogens with zero attached hydrogens (tertiary/aromatic N) is 1. The Balaban J connectivity index is 1.99. The molecule has 0 radical (unpaired) electrons. The zero-order valence-corrected chi connectivity index (χ0v) is 19.7. The summed E-state index contributed by atoms with van der Waals surface area (Å²) in [6, 6.07) is 15.1. The van der Waals surface area contributed by atoms with E-state index in [0.29, 0.717) is 17.0 Å². The van der Waals surface area contributed by atoms with E-state index in [-0.39, 0.29) is 22.6 Å². The summed E-state index contributed by atoms with van der Waals surface area (Å²) in [5, 5.41) is 11.3. The fraction of sp³-hybridized carbons (Fsp3) is 0.148. The predicted octanol–water partition coefficient (Wildman–Crippen LogP) is 4.39. The molecule has 8 nitrogen and oxygen atoms in total. The normalized spacial score (nSPS) is 16.7. The van der Waals surface area contributed by atoms with Crippen LogP contribution in [-0.2, 0) is 14.4 Å². The molecule has 0 aromatic heterocycles. The first-order valence-corrected chi connectivity index (χ1v) is 10.8. The Morgan fingerprint density at radius 2 is 1.67 bits per heavy atom. The maximum atomic E-state index is 14.1. The minimum absolute atomic E-state index is 0.0951. The van der Waals surface area contributed by atoms with Crippen molar-refractivity contribution in [2.45, 2.75) is 13.0 Å². The highest BCUT2D eigenvalue weighted by atomic mass is 19.1. The van der Waals surface area contributed by atoms with E-state index < -0.39 is 35.3 Å². The largest absolute Gasteiger partial charge is 0.507 e. The van der Waals surface area contributed by atoms with E-state index in [2.05, 4.69) is 0 Å². The first-order chi connectivity index (χ1) is 17.2. The fourth-order valence-electron chi connectivity index (χ4n) is 4.10. The minimum atomic E-state index is -1.14. The highest BCUT2D eigenvalue weighted by Gasteiger charge is 2.47. The number of amides is 1. The van der Waals surface area contributed by atoms with Crippen molar-refractivity contribution in [3.8, 4) is 17.2 Å². The van der Waals surface area contributed by atoms with E-state index in [1.54, 1.807) is 36.4 Å².